The Morgan fingerprint density at radius 1 is 1.15 bits per heavy atom. The van der Waals surface area contributed by atoms with Gasteiger partial charge in [0, 0.05) is 18.0 Å². The van der Waals surface area contributed by atoms with E-state index in [0.29, 0.717) is 18.7 Å². The number of benzene rings is 2. The summed E-state index contributed by atoms with van der Waals surface area (Å²) in [7, 11) is 0. The standard InChI is InChI=1S/C27H33FN2O3/c1-5-23(25(31)29-20-11-12-20)33-21-13-8-17-14-15-30(26(32)27(2,3)4)24(22(17)16-21)18-6-9-19(28)10-7-18/h6-10,13,16,20,23-24H,5,11-12,14-15H2,1-4H3,(H,29,31). The summed E-state index contributed by atoms with van der Waals surface area (Å²) in [6, 6.07) is 12.1. The molecule has 0 radical (unpaired) electrons. The third-order valence-electron chi connectivity index (χ3n) is 6.30. The van der Waals surface area contributed by atoms with E-state index in [1.54, 1.807) is 12.1 Å². The van der Waals surface area contributed by atoms with Crippen molar-refractivity contribution in [1.82, 2.24) is 10.2 Å². The van der Waals surface area contributed by atoms with Crippen LogP contribution >= 0.6 is 0 Å². The molecule has 1 N–H and O–H groups in total. The molecule has 1 fully saturated rings. The Kier molecular flexibility index (Phi) is 6.46. The number of fused-ring (bicyclic) bond motifs is 1. The Labute approximate surface area is 195 Å². The van der Waals surface area contributed by atoms with Crippen LogP contribution in [0.1, 0.15) is 69.7 Å². The van der Waals surface area contributed by atoms with Crippen molar-refractivity contribution in [2.45, 2.75) is 71.6 Å². The molecule has 1 saturated carbocycles. The normalized spacial score (nSPS) is 18.9. The van der Waals surface area contributed by atoms with E-state index in [0.717, 1.165) is 36.0 Å². The number of carbonyl (C=O) groups excluding carboxylic acids is 2. The molecule has 1 aliphatic heterocycles. The fourth-order valence-corrected chi connectivity index (χ4v) is 4.33. The summed E-state index contributed by atoms with van der Waals surface area (Å²) < 4.78 is 19.8. The molecule has 5 nitrogen and oxygen atoms in total. The Morgan fingerprint density at radius 2 is 1.85 bits per heavy atom. The highest BCUT2D eigenvalue weighted by molar-refractivity contribution is 5.83. The van der Waals surface area contributed by atoms with Gasteiger partial charge in [0.25, 0.3) is 5.91 Å². The van der Waals surface area contributed by atoms with Crippen LogP contribution in [0.5, 0.6) is 5.75 Å². The van der Waals surface area contributed by atoms with Crippen molar-refractivity contribution in [2.75, 3.05) is 6.54 Å². The average molecular weight is 453 g/mol. The van der Waals surface area contributed by atoms with Crippen LogP contribution in [0.3, 0.4) is 0 Å². The van der Waals surface area contributed by atoms with Crippen molar-refractivity contribution in [2.24, 2.45) is 5.41 Å². The van der Waals surface area contributed by atoms with Crippen molar-refractivity contribution in [3.8, 4) is 5.75 Å². The maximum absolute atomic E-state index is 13.7. The SMILES string of the molecule is CCC(Oc1ccc2c(c1)C(c1ccc(F)cc1)N(C(=O)C(C)(C)C)CC2)C(=O)NC1CC1. The molecule has 176 valence electrons. The van der Waals surface area contributed by atoms with Gasteiger partial charge in [0.2, 0.25) is 5.91 Å². The van der Waals surface area contributed by atoms with Gasteiger partial charge in [-0.25, -0.2) is 4.39 Å². The molecular weight excluding hydrogens is 419 g/mol. The van der Waals surface area contributed by atoms with Crippen LogP contribution in [0.4, 0.5) is 4.39 Å². The summed E-state index contributed by atoms with van der Waals surface area (Å²) in [6.07, 6.45) is 2.78. The number of amides is 2. The Morgan fingerprint density at radius 3 is 2.45 bits per heavy atom. The smallest absolute Gasteiger partial charge is 0.261 e. The number of carbonyl (C=O) groups is 2. The van der Waals surface area contributed by atoms with E-state index in [1.165, 1.54) is 12.1 Å². The second kappa shape index (κ2) is 9.16. The minimum Gasteiger partial charge on any atom is -0.481 e. The molecule has 4 rings (SSSR count). The van der Waals surface area contributed by atoms with Crippen LogP contribution in [0.2, 0.25) is 0 Å². The van der Waals surface area contributed by atoms with Crippen LogP contribution in [0.25, 0.3) is 0 Å². The predicted molar refractivity (Wildman–Crippen MR) is 125 cm³/mol. The molecule has 1 heterocycles. The van der Waals surface area contributed by atoms with Gasteiger partial charge in [0.15, 0.2) is 6.10 Å². The molecule has 6 heteroatoms. The van der Waals surface area contributed by atoms with Crippen molar-refractivity contribution in [3.63, 3.8) is 0 Å². The Hall–Kier alpha value is -2.89. The average Bonchev–Trinajstić information content (AvgIpc) is 3.60. The first-order chi connectivity index (χ1) is 15.7. The summed E-state index contributed by atoms with van der Waals surface area (Å²) in [4.78, 5) is 27.8. The van der Waals surface area contributed by atoms with E-state index in [4.69, 9.17) is 4.74 Å². The van der Waals surface area contributed by atoms with E-state index in [-0.39, 0.29) is 29.7 Å². The summed E-state index contributed by atoms with van der Waals surface area (Å²) in [5, 5.41) is 3.01. The van der Waals surface area contributed by atoms with Gasteiger partial charge < -0.3 is 15.0 Å². The highest BCUT2D eigenvalue weighted by atomic mass is 19.1. The number of halogens is 1. The van der Waals surface area contributed by atoms with Gasteiger partial charge in [-0.05, 0) is 66.6 Å². The molecule has 2 unspecified atom stereocenters. The van der Waals surface area contributed by atoms with Gasteiger partial charge in [-0.1, -0.05) is 45.9 Å². The van der Waals surface area contributed by atoms with E-state index < -0.39 is 11.5 Å². The summed E-state index contributed by atoms with van der Waals surface area (Å²) >= 11 is 0. The third kappa shape index (κ3) is 5.21. The van der Waals surface area contributed by atoms with Crippen molar-refractivity contribution in [3.05, 3.63) is 65.0 Å². The molecule has 2 aromatic rings. The first-order valence-electron chi connectivity index (χ1n) is 11.8. The Bertz CT molecular complexity index is 1020. The monoisotopic (exact) mass is 452 g/mol. The summed E-state index contributed by atoms with van der Waals surface area (Å²) in [5.74, 6) is 0.248. The van der Waals surface area contributed by atoms with E-state index in [2.05, 4.69) is 5.32 Å². The molecule has 2 atom stereocenters. The molecule has 2 aromatic carbocycles. The van der Waals surface area contributed by atoms with Crippen LogP contribution < -0.4 is 10.1 Å². The zero-order chi connectivity index (χ0) is 23.8. The van der Waals surface area contributed by atoms with Gasteiger partial charge in [0.05, 0.1) is 6.04 Å². The number of nitrogens with one attached hydrogen (secondary N) is 1. The van der Waals surface area contributed by atoms with Crippen LogP contribution in [-0.4, -0.2) is 35.4 Å². The first kappa shape index (κ1) is 23.3. The fraction of sp³-hybridized carbons (Fsp3) is 0.481. The minimum absolute atomic E-state index is 0.0454. The first-order valence-corrected chi connectivity index (χ1v) is 11.8. The van der Waals surface area contributed by atoms with E-state index in [9.17, 15) is 14.0 Å². The topological polar surface area (TPSA) is 58.6 Å². The van der Waals surface area contributed by atoms with Crippen molar-refractivity contribution < 1.29 is 18.7 Å². The molecule has 2 aliphatic rings. The summed E-state index contributed by atoms with van der Waals surface area (Å²) in [5.41, 5.74) is 2.40. The van der Waals surface area contributed by atoms with Crippen LogP contribution in [-0.2, 0) is 16.0 Å². The minimum atomic E-state index is -0.566. The molecule has 2 amide bonds. The number of ether oxygens (including phenoxy) is 1. The molecule has 0 aromatic heterocycles. The molecular formula is C27H33FN2O3. The zero-order valence-electron chi connectivity index (χ0n) is 19.9. The van der Waals surface area contributed by atoms with Crippen molar-refractivity contribution >= 4 is 11.8 Å². The Balaban J connectivity index is 1.69. The number of nitrogens with zero attached hydrogens (tertiary/aromatic N) is 1. The van der Waals surface area contributed by atoms with Gasteiger partial charge in [-0.2, -0.15) is 0 Å². The molecule has 0 bridgehead atoms. The lowest BCUT2D eigenvalue weighted by Crippen LogP contribution is -2.45. The summed E-state index contributed by atoms with van der Waals surface area (Å²) in [6.45, 7) is 8.26. The predicted octanol–water partition coefficient (Wildman–Crippen LogP) is 4.78. The highest BCUT2D eigenvalue weighted by Crippen LogP contribution is 2.39. The van der Waals surface area contributed by atoms with Gasteiger partial charge in [0.1, 0.15) is 11.6 Å². The number of hydrogen-bond donors (Lipinski definition) is 1. The van der Waals surface area contributed by atoms with Gasteiger partial charge in [-0.15, -0.1) is 0 Å². The van der Waals surface area contributed by atoms with Gasteiger partial charge >= 0.3 is 0 Å². The molecule has 0 spiro atoms. The van der Waals surface area contributed by atoms with Crippen molar-refractivity contribution in [1.29, 1.82) is 0 Å². The van der Waals surface area contributed by atoms with Crippen LogP contribution in [0, 0.1) is 11.2 Å². The lowest BCUT2D eigenvalue weighted by Gasteiger charge is -2.41. The van der Waals surface area contributed by atoms with Gasteiger partial charge in [-0.3, -0.25) is 9.59 Å². The number of rotatable bonds is 6. The quantitative estimate of drug-likeness (QED) is 0.686. The molecule has 33 heavy (non-hydrogen) atoms. The maximum Gasteiger partial charge on any atom is 0.261 e. The maximum atomic E-state index is 13.7. The van der Waals surface area contributed by atoms with E-state index in [1.807, 2.05) is 50.8 Å². The molecule has 0 saturated heterocycles. The second-order valence-electron chi connectivity index (χ2n) is 10.1. The lowest BCUT2D eigenvalue weighted by molar-refractivity contribution is -0.141. The van der Waals surface area contributed by atoms with Crippen LogP contribution in [0.15, 0.2) is 42.5 Å². The number of hydrogen-bond acceptors (Lipinski definition) is 3. The van der Waals surface area contributed by atoms with E-state index >= 15 is 0 Å². The highest BCUT2D eigenvalue weighted by Gasteiger charge is 2.37. The largest absolute Gasteiger partial charge is 0.481 e. The third-order valence-corrected chi connectivity index (χ3v) is 6.30. The lowest BCUT2D eigenvalue weighted by atomic mass is 9.85. The zero-order valence-corrected chi connectivity index (χ0v) is 19.9. The fourth-order valence-electron chi connectivity index (χ4n) is 4.33. The second-order valence-corrected chi connectivity index (χ2v) is 10.1. The molecule has 1 aliphatic carbocycles.